The largest absolute Gasteiger partial charge is 0.459 e. The summed E-state index contributed by atoms with van der Waals surface area (Å²) in [6.07, 6.45) is 4.30. The summed E-state index contributed by atoms with van der Waals surface area (Å²) in [5.41, 5.74) is 1.21. The zero-order chi connectivity index (χ0) is 14.5. The summed E-state index contributed by atoms with van der Waals surface area (Å²) in [7, 11) is 0. The van der Waals surface area contributed by atoms with Gasteiger partial charge < -0.3 is 10.1 Å². The van der Waals surface area contributed by atoms with E-state index < -0.39 is 0 Å². The summed E-state index contributed by atoms with van der Waals surface area (Å²) in [5, 5.41) is 2.67. The fourth-order valence-electron chi connectivity index (χ4n) is 2.60. The number of carbonyl (C=O) groups is 2. The maximum atomic E-state index is 12.0. The van der Waals surface area contributed by atoms with Crippen LogP contribution >= 0.6 is 0 Å². The summed E-state index contributed by atoms with van der Waals surface area (Å²) < 4.78 is 5.54. The van der Waals surface area contributed by atoms with Crippen LogP contribution in [0.15, 0.2) is 24.3 Å². The number of hydrogen-bond acceptors (Lipinski definition) is 3. The normalized spacial score (nSPS) is 22.1. The van der Waals surface area contributed by atoms with Crippen LogP contribution in [-0.2, 0) is 9.53 Å². The molecule has 1 aliphatic rings. The maximum absolute atomic E-state index is 12.0. The first-order valence-corrected chi connectivity index (χ1v) is 7.13. The molecule has 0 heterocycles. The van der Waals surface area contributed by atoms with E-state index in [9.17, 15) is 9.59 Å². The number of nitrogens with one attached hydrogen (secondary N) is 1. The standard InChI is InChI=1S/C16H21NO3/c1-11-4-3-5-15(10-11)20-16(19)13-6-8-14(9-7-13)17-12(2)18/h6-9,11,15H,3-5,10H2,1-2H3,(H,17,18). The fourth-order valence-corrected chi connectivity index (χ4v) is 2.60. The minimum absolute atomic E-state index is 0.0428. The van der Waals surface area contributed by atoms with Gasteiger partial charge in [0.1, 0.15) is 6.10 Å². The Kier molecular flexibility index (Phi) is 4.77. The van der Waals surface area contributed by atoms with Crippen molar-refractivity contribution < 1.29 is 14.3 Å². The summed E-state index contributed by atoms with van der Waals surface area (Å²) in [6.45, 7) is 3.65. The molecule has 2 unspecified atom stereocenters. The first-order chi connectivity index (χ1) is 9.54. The summed E-state index contributed by atoms with van der Waals surface area (Å²) in [5.74, 6) is 0.221. The second-order valence-electron chi connectivity index (χ2n) is 5.56. The van der Waals surface area contributed by atoms with Crippen LogP contribution < -0.4 is 5.32 Å². The number of anilines is 1. The highest BCUT2D eigenvalue weighted by atomic mass is 16.5. The zero-order valence-corrected chi connectivity index (χ0v) is 12.0. The first-order valence-electron chi connectivity index (χ1n) is 7.13. The molecule has 4 heteroatoms. The van der Waals surface area contributed by atoms with E-state index in [2.05, 4.69) is 12.2 Å². The molecule has 1 amide bonds. The van der Waals surface area contributed by atoms with Crippen LogP contribution in [-0.4, -0.2) is 18.0 Å². The maximum Gasteiger partial charge on any atom is 0.338 e. The second kappa shape index (κ2) is 6.55. The molecule has 108 valence electrons. The number of rotatable bonds is 3. The van der Waals surface area contributed by atoms with Crippen molar-refractivity contribution in [2.75, 3.05) is 5.32 Å². The molecule has 1 fully saturated rings. The van der Waals surface area contributed by atoms with E-state index in [1.54, 1.807) is 24.3 Å². The minimum atomic E-state index is -0.279. The van der Waals surface area contributed by atoms with Crippen molar-refractivity contribution in [2.45, 2.75) is 45.6 Å². The predicted molar refractivity (Wildman–Crippen MR) is 77.6 cm³/mol. The number of carbonyl (C=O) groups excluding carboxylic acids is 2. The Hall–Kier alpha value is -1.84. The minimum Gasteiger partial charge on any atom is -0.459 e. The third kappa shape index (κ3) is 4.08. The quantitative estimate of drug-likeness (QED) is 0.860. The molecule has 1 aromatic rings. The molecular weight excluding hydrogens is 254 g/mol. The number of hydrogen-bond donors (Lipinski definition) is 1. The Morgan fingerprint density at radius 2 is 1.90 bits per heavy atom. The van der Waals surface area contributed by atoms with E-state index in [0.29, 0.717) is 17.2 Å². The van der Waals surface area contributed by atoms with Crippen molar-refractivity contribution in [2.24, 2.45) is 5.92 Å². The van der Waals surface area contributed by atoms with Gasteiger partial charge in [0, 0.05) is 12.6 Å². The highest BCUT2D eigenvalue weighted by Crippen LogP contribution is 2.26. The number of ether oxygens (including phenoxy) is 1. The lowest BCUT2D eigenvalue weighted by Crippen LogP contribution is -2.24. The number of esters is 1. The molecule has 20 heavy (non-hydrogen) atoms. The molecule has 4 nitrogen and oxygen atoms in total. The van der Waals surface area contributed by atoms with Crippen molar-refractivity contribution in [1.29, 1.82) is 0 Å². The van der Waals surface area contributed by atoms with Crippen molar-refractivity contribution >= 4 is 17.6 Å². The van der Waals surface area contributed by atoms with Crippen LogP contribution in [0.4, 0.5) is 5.69 Å². The molecular formula is C16H21NO3. The van der Waals surface area contributed by atoms with Gasteiger partial charge in [-0.15, -0.1) is 0 Å². The Morgan fingerprint density at radius 1 is 1.20 bits per heavy atom. The Bertz CT molecular complexity index is 481. The van der Waals surface area contributed by atoms with Gasteiger partial charge >= 0.3 is 5.97 Å². The summed E-state index contributed by atoms with van der Waals surface area (Å²) >= 11 is 0. The average molecular weight is 275 g/mol. The van der Waals surface area contributed by atoms with Crippen LogP contribution in [0.2, 0.25) is 0 Å². The molecule has 0 bridgehead atoms. The topological polar surface area (TPSA) is 55.4 Å². The molecule has 0 aliphatic heterocycles. The lowest BCUT2D eigenvalue weighted by molar-refractivity contribution is -0.114. The second-order valence-corrected chi connectivity index (χ2v) is 5.56. The molecule has 0 radical (unpaired) electrons. The van der Waals surface area contributed by atoms with Gasteiger partial charge in [0.25, 0.3) is 0 Å². The Labute approximate surface area is 119 Å². The van der Waals surface area contributed by atoms with Gasteiger partial charge in [-0.2, -0.15) is 0 Å². The van der Waals surface area contributed by atoms with Crippen LogP contribution in [0, 0.1) is 5.92 Å². The smallest absolute Gasteiger partial charge is 0.338 e. The molecule has 0 aromatic heterocycles. The van der Waals surface area contributed by atoms with Crippen LogP contribution in [0.3, 0.4) is 0 Å². The molecule has 2 atom stereocenters. The first kappa shape index (κ1) is 14.6. The SMILES string of the molecule is CC(=O)Nc1ccc(C(=O)OC2CCCC(C)C2)cc1. The average Bonchev–Trinajstić information content (AvgIpc) is 2.38. The van der Waals surface area contributed by atoms with Crippen molar-refractivity contribution in [3.05, 3.63) is 29.8 Å². The van der Waals surface area contributed by atoms with Gasteiger partial charge in [0.05, 0.1) is 5.56 Å². The van der Waals surface area contributed by atoms with E-state index in [-0.39, 0.29) is 18.0 Å². The molecule has 1 N–H and O–H groups in total. The van der Waals surface area contributed by atoms with E-state index in [4.69, 9.17) is 4.74 Å². The van der Waals surface area contributed by atoms with Crippen LogP contribution in [0.1, 0.15) is 49.9 Å². The van der Waals surface area contributed by atoms with Gasteiger partial charge in [0.2, 0.25) is 5.91 Å². The van der Waals surface area contributed by atoms with Gasteiger partial charge in [-0.05, 0) is 49.4 Å². The van der Waals surface area contributed by atoms with Gasteiger partial charge in [-0.1, -0.05) is 13.3 Å². The Balaban J connectivity index is 1.93. The molecule has 0 spiro atoms. The fraction of sp³-hybridized carbons (Fsp3) is 0.500. The Morgan fingerprint density at radius 3 is 2.50 bits per heavy atom. The van der Waals surface area contributed by atoms with Crippen LogP contribution in [0.5, 0.6) is 0 Å². The number of amides is 1. The van der Waals surface area contributed by atoms with Gasteiger partial charge in [0.15, 0.2) is 0 Å². The van der Waals surface area contributed by atoms with Crippen molar-refractivity contribution in [3.8, 4) is 0 Å². The lowest BCUT2D eigenvalue weighted by atomic mass is 9.89. The highest BCUT2D eigenvalue weighted by Gasteiger charge is 2.22. The van der Waals surface area contributed by atoms with Crippen molar-refractivity contribution in [1.82, 2.24) is 0 Å². The highest BCUT2D eigenvalue weighted by molar-refractivity contribution is 5.92. The third-order valence-corrected chi connectivity index (χ3v) is 3.60. The van der Waals surface area contributed by atoms with Crippen LogP contribution in [0.25, 0.3) is 0 Å². The molecule has 1 aromatic carbocycles. The van der Waals surface area contributed by atoms with E-state index in [1.807, 2.05) is 0 Å². The lowest BCUT2D eigenvalue weighted by Gasteiger charge is -2.26. The monoisotopic (exact) mass is 275 g/mol. The van der Waals surface area contributed by atoms with E-state index >= 15 is 0 Å². The van der Waals surface area contributed by atoms with E-state index in [0.717, 1.165) is 19.3 Å². The van der Waals surface area contributed by atoms with E-state index in [1.165, 1.54) is 13.3 Å². The number of benzene rings is 1. The summed E-state index contributed by atoms with van der Waals surface area (Å²) in [4.78, 5) is 23.0. The molecule has 2 rings (SSSR count). The summed E-state index contributed by atoms with van der Waals surface area (Å²) in [6, 6.07) is 6.78. The van der Waals surface area contributed by atoms with Crippen molar-refractivity contribution in [3.63, 3.8) is 0 Å². The molecule has 0 saturated heterocycles. The predicted octanol–water partition coefficient (Wildman–Crippen LogP) is 3.38. The van der Waals surface area contributed by atoms with Gasteiger partial charge in [-0.25, -0.2) is 4.79 Å². The molecule has 1 aliphatic carbocycles. The zero-order valence-electron chi connectivity index (χ0n) is 12.0. The molecule has 1 saturated carbocycles. The van der Waals surface area contributed by atoms with Gasteiger partial charge in [-0.3, -0.25) is 4.79 Å². The third-order valence-electron chi connectivity index (χ3n) is 3.60.